The molecule has 0 fully saturated rings. The van der Waals surface area contributed by atoms with Crippen molar-refractivity contribution in [1.29, 1.82) is 0 Å². The zero-order chi connectivity index (χ0) is 21.3. The predicted octanol–water partition coefficient (Wildman–Crippen LogP) is 2.92. The molecule has 4 rings (SSSR count). The third kappa shape index (κ3) is 5.12. The van der Waals surface area contributed by atoms with Crippen molar-refractivity contribution in [1.82, 2.24) is 4.98 Å². The van der Waals surface area contributed by atoms with Crippen LogP contribution >= 0.6 is 11.6 Å². The molecule has 152 valence electrons. The van der Waals surface area contributed by atoms with Gasteiger partial charge in [0.15, 0.2) is 0 Å². The third-order valence-corrected chi connectivity index (χ3v) is 5.61. The molecule has 0 saturated heterocycles. The van der Waals surface area contributed by atoms with Crippen LogP contribution in [0.3, 0.4) is 0 Å². The van der Waals surface area contributed by atoms with Crippen molar-refractivity contribution in [3.63, 3.8) is 0 Å². The van der Waals surface area contributed by atoms with Crippen molar-refractivity contribution < 1.29 is 44.0 Å². The Balaban J connectivity index is 0.00000181. The molecule has 10 heteroatoms. The maximum absolute atomic E-state index is 11.8. The van der Waals surface area contributed by atoms with Crippen LogP contribution in [0, 0.1) is 0 Å². The van der Waals surface area contributed by atoms with Gasteiger partial charge in [0.2, 0.25) is 0 Å². The van der Waals surface area contributed by atoms with Gasteiger partial charge < -0.3 is 7.16 Å². The fourth-order valence-corrected chi connectivity index (χ4v) is 3.84. The van der Waals surface area contributed by atoms with E-state index in [0.717, 1.165) is 11.3 Å². The molecule has 3 aromatic carbocycles. The largest absolute Gasteiger partial charge is 1.00 e. The summed E-state index contributed by atoms with van der Waals surface area (Å²) in [6.45, 7) is 0. The van der Waals surface area contributed by atoms with Gasteiger partial charge in [-0.3, -0.25) is 9.54 Å². The topological polar surface area (TPSA) is 118 Å². The molecule has 4 aromatic rings. The minimum Gasteiger partial charge on any atom is -1.00 e. The van der Waals surface area contributed by atoms with E-state index in [0.29, 0.717) is 21.5 Å². The van der Waals surface area contributed by atoms with E-state index >= 15 is 0 Å². The Morgan fingerprint density at radius 3 is 2.26 bits per heavy atom. The van der Waals surface area contributed by atoms with E-state index in [1.807, 2.05) is 12.1 Å². The summed E-state index contributed by atoms with van der Waals surface area (Å²) < 4.78 is 33.2. The normalized spacial score (nSPS) is 11.5. The average molecular weight is 463 g/mol. The summed E-state index contributed by atoms with van der Waals surface area (Å²) in [5, 5.41) is 9.59. The molecule has 1 aromatic heterocycles. The molecule has 0 radical (unpaired) electrons. The minimum atomic E-state index is -4.47. The first-order valence-electron chi connectivity index (χ1n) is 8.75. The molecule has 7 nitrogen and oxygen atoms in total. The van der Waals surface area contributed by atoms with E-state index in [-0.39, 0.29) is 47.3 Å². The molecule has 0 amide bonds. The van der Waals surface area contributed by atoms with Gasteiger partial charge in [-0.2, -0.15) is 8.42 Å². The van der Waals surface area contributed by atoms with E-state index in [1.165, 1.54) is 12.3 Å². The molecule has 0 atom stereocenters. The Labute approximate surface area is 207 Å². The van der Waals surface area contributed by atoms with Crippen molar-refractivity contribution in [2.45, 2.75) is 4.90 Å². The molecule has 3 N–H and O–H groups in total. The van der Waals surface area contributed by atoms with Crippen LogP contribution in [0.2, 0.25) is 5.02 Å². The predicted molar refractivity (Wildman–Crippen MR) is 118 cm³/mol. The maximum atomic E-state index is 11.8. The number of hydrogen-bond acceptors (Lipinski definition) is 6. The summed E-state index contributed by atoms with van der Waals surface area (Å²) in [6.07, 6.45) is 1.54. The Bertz CT molecular complexity index is 1380. The first kappa shape index (κ1) is 23.3. The van der Waals surface area contributed by atoms with Crippen molar-refractivity contribution in [3.05, 3.63) is 77.9 Å². The number of anilines is 1. The summed E-state index contributed by atoms with van der Waals surface area (Å²) in [6, 6.07) is 18.6. The Morgan fingerprint density at radius 2 is 1.65 bits per heavy atom. The third-order valence-electron chi connectivity index (χ3n) is 4.47. The Morgan fingerprint density at radius 1 is 0.968 bits per heavy atom. The second-order valence-electron chi connectivity index (χ2n) is 6.44. The van der Waals surface area contributed by atoms with Gasteiger partial charge in [0.05, 0.1) is 17.6 Å². The second-order valence-corrected chi connectivity index (χ2v) is 8.26. The van der Waals surface area contributed by atoms with E-state index in [4.69, 9.17) is 17.3 Å². The van der Waals surface area contributed by atoms with Crippen LogP contribution in [0.4, 0.5) is 17.1 Å². The van der Waals surface area contributed by atoms with Gasteiger partial charge in [0.1, 0.15) is 16.3 Å². The molecule has 31 heavy (non-hydrogen) atoms. The molecule has 0 aliphatic heterocycles. The molecule has 1 heterocycles. The van der Waals surface area contributed by atoms with Gasteiger partial charge in [0.25, 0.3) is 10.1 Å². The number of rotatable bonds is 4. The van der Waals surface area contributed by atoms with Crippen LogP contribution in [-0.2, 0) is 10.1 Å². The quantitative estimate of drug-likeness (QED) is 0.209. The number of halogens is 1. The summed E-state index contributed by atoms with van der Waals surface area (Å²) in [5.41, 5.74) is 8.63. The maximum Gasteiger partial charge on any atom is 1.00 e. The van der Waals surface area contributed by atoms with E-state index in [1.54, 1.807) is 48.5 Å². The van der Waals surface area contributed by atoms with Crippen LogP contribution < -0.4 is 35.3 Å². The molecule has 0 aliphatic carbocycles. The van der Waals surface area contributed by atoms with Gasteiger partial charge >= 0.3 is 29.6 Å². The molecular formula is C21H16ClN4NaO3S. The number of azo groups is 1. The van der Waals surface area contributed by atoms with E-state index < -0.39 is 10.1 Å². The van der Waals surface area contributed by atoms with Crippen LogP contribution in [-0.4, -0.2) is 18.0 Å². The Hall–Kier alpha value is -2.33. The summed E-state index contributed by atoms with van der Waals surface area (Å²) in [4.78, 5) is 4.08. The first-order valence-corrected chi connectivity index (χ1v) is 10.6. The molecule has 0 aliphatic rings. The number of aromatic nitrogens is 1. The van der Waals surface area contributed by atoms with E-state index in [9.17, 15) is 13.0 Å². The smallest absolute Gasteiger partial charge is 1.00 e. The van der Waals surface area contributed by atoms with Gasteiger partial charge in [-0.05, 0) is 30.3 Å². The first-order chi connectivity index (χ1) is 14.3. The van der Waals surface area contributed by atoms with Gasteiger partial charge in [-0.1, -0.05) is 48.0 Å². The molecule has 0 spiro atoms. The van der Waals surface area contributed by atoms with Gasteiger partial charge in [-0.25, -0.2) is 0 Å². The SMILES string of the molecule is Nc1c(N=Nc2ccc(-c3ccc(Cl)cc3)nc2)cc(S(=O)(=O)O)c2ccccc12.[H-].[Na+]. The fraction of sp³-hybridized carbons (Fsp3) is 0. The Kier molecular flexibility index (Phi) is 7.10. The van der Waals surface area contributed by atoms with Gasteiger partial charge in [-0.15, -0.1) is 10.2 Å². The number of fused-ring (bicyclic) bond motifs is 1. The van der Waals surface area contributed by atoms with Crippen LogP contribution in [0.5, 0.6) is 0 Å². The second kappa shape index (κ2) is 9.44. The zero-order valence-electron chi connectivity index (χ0n) is 17.4. The van der Waals surface area contributed by atoms with Crippen LogP contribution in [0.15, 0.2) is 88.1 Å². The number of nitrogens with two attached hydrogens (primary N) is 1. The zero-order valence-corrected chi connectivity index (χ0v) is 20.0. The standard InChI is InChI=1S/C21H15ClN4O3S.Na.H/c22-14-7-5-13(6-8-14)18-10-9-15(12-24-18)25-26-19-11-20(30(27,28)29)16-3-1-2-4-17(16)21(19)23;;/h1-12H,23H2,(H,27,28,29);;/q;+1;-1. The monoisotopic (exact) mass is 462 g/mol. The van der Waals surface area contributed by atoms with E-state index in [2.05, 4.69) is 15.2 Å². The van der Waals surface area contributed by atoms with Crippen molar-refractivity contribution in [2.24, 2.45) is 10.2 Å². The number of nitrogen functional groups attached to an aromatic ring is 1. The number of hydrogen-bond donors (Lipinski definition) is 2. The van der Waals surface area contributed by atoms with Crippen molar-refractivity contribution in [3.8, 4) is 11.3 Å². The number of pyridine rings is 1. The molecule has 0 saturated carbocycles. The van der Waals surface area contributed by atoms with Gasteiger partial charge in [0, 0.05) is 21.4 Å². The average Bonchev–Trinajstić information content (AvgIpc) is 2.73. The molecular weight excluding hydrogens is 447 g/mol. The van der Waals surface area contributed by atoms with Crippen molar-refractivity contribution in [2.75, 3.05) is 5.73 Å². The van der Waals surface area contributed by atoms with Crippen LogP contribution in [0.25, 0.3) is 22.0 Å². The summed E-state index contributed by atoms with van der Waals surface area (Å²) in [7, 11) is -4.47. The molecule has 0 bridgehead atoms. The number of nitrogens with zero attached hydrogens (tertiary/aromatic N) is 3. The minimum absolute atomic E-state index is 0. The fourth-order valence-electron chi connectivity index (χ4n) is 2.99. The number of benzene rings is 3. The summed E-state index contributed by atoms with van der Waals surface area (Å²) >= 11 is 5.90. The van der Waals surface area contributed by atoms with Crippen molar-refractivity contribution >= 4 is 49.6 Å². The summed E-state index contributed by atoms with van der Waals surface area (Å²) in [5.74, 6) is 0. The van der Waals surface area contributed by atoms with Crippen LogP contribution in [0.1, 0.15) is 1.43 Å². The molecule has 0 unspecified atom stereocenters.